The maximum absolute atomic E-state index is 9.06. The van der Waals surface area contributed by atoms with Gasteiger partial charge in [0, 0.05) is 12.4 Å². The lowest BCUT2D eigenvalue weighted by molar-refractivity contribution is 0.367. The van der Waals surface area contributed by atoms with Crippen molar-refractivity contribution in [2.75, 3.05) is 0 Å². The first kappa shape index (κ1) is 11.8. The molecule has 2 heterocycles. The third-order valence-corrected chi connectivity index (χ3v) is 3.66. The van der Waals surface area contributed by atoms with Crippen LogP contribution in [0.25, 0.3) is 11.6 Å². The Balaban J connectivity index is 1.89. The van der Waals surface area contributed by atoms with E-state index >= 15 is 0 Å². The number of hydrogen-bond donors (Lipinski definition) is 0. The minimum atomic E-state index is -0.104. The van der Waals surface area contributed by atoms with E-state index in [0.29, 0.717) is 17.5 Å². The van der Waals surface area contributed by atoms with E-state index in [1.807, 2.05) is 20.8 Å². The lowest BCUT2D eigenvalue weighted by Crippen LogP contribution is -1.92. The van der Waals surface area contributed by atoms with Gasteiger partial charge >= 0.3 is 0 Å². The maximum Gasteiger partial charge on any atom is 0.240 e. The van der Waals surface area contributed by atoms with Crippen LogP contribution < -0.4 is 0 Å². The smallest absolute Gasteiger partial charge is 0.240 e. The number of nitrogens with zero attached hydrogens (tertiary/aromatic N) is 5. The molecule has 1 aliphatic carbocycles. The summed E-state index contributed by atoms with van der Waals surface area (Å²) >= 11 is 0. The van der Waals surface area contributed by atoms with Gasteiger partial charge in [-0.2, -0.15) is 10.2 Å². The highest BCUT2D eigenvalue weighted by atomic mass is 16.5. The Morgan fingerprint density at radius 2 is 1.95 bits per heavy atom. The van der Waals surface area contributed by atoms with Gasteiger partial charge in [-0.3, -0.25) is 0 Å². The van der Waals surface area contributed by atoms with E-state index < -0.39 is 0 Å². The lowest BCUT2D eigenvalue weighted by Gasteiger charge is -1.95. The number of nitriles is 1. The first-order valence-electron chi connectivity index (χ1n) is 6.06. The molecule has 0 N–H and O–H groups in total. The summed E-state index contributed by atoms with van der Waals surface area (Å²) in [6, 6.07) is 2.28. The minimum absolute atomic E-state index is 0.00389. The maximum atomic E-state index is 9.06. The average molecular weight is 255 g/mol. The zero-order valence-corrected chi connectivity index (χ0v) is 11.0. The highest BCUT2D eigenvalue weighted by Crippen LogP contribution is 2.63. The van der Waals surface area contributed by atoms with E-state index in [-0.39, 0.29) is 17.3 Å². The largest absolute Gasteiger partial charge is 0.338 e. The van der Waals surface area contributed by atoms with E-state index in [9.17, 15) is 0 Å². The molecule has 0 spiro atoms. The van der Waals surface area contributed by atoms with Gasteiger partial charge in [0.1, 0.15) is 0 Å². The van der Waals surface area contributed by atoms with Gasteiger partial charge in [-0.25, -0.2) is 9.97 Å². The Kier molecular flexibility index (Phi) is 2.39. The van der Waals surface area contributed by atoms with Crippen LogP contribution in [0.1, 0.15) is 31.2 Å². The lowest BCUT2D eigenvalue weighted by atomic mass is 10.1. The number of hydrogen-bond acceptors (Lipinski definition) is 6. The predicted molar refractivity (Wildman–Crippen MR) is 65.7 cm³/mol. The molecule has 3 rings (SSSR count). The predicted octanol–water partition coefficient (Wildman–Crippen LogP) is 2.10. The van der Waals surface area contributed by atoms with Gasteiger partial charge < -0.3 is 4.52 Å². The highest BCUT2D eigenvalue weighted by molar-refractivity contribution is 5.42. The quantitative estimate of drug-likeness (QED) is 0.816. The molecular formula is C13H13N5O. The summed E-state index contributed by atoms with van der Waals surface area (Å²) in [7, 11) is 0. The molecule has 1 fully saturated rings. The van der Waals surface area contributed by atoms with Crippen molar-refractivity contribution in [2.45, 2.75) is 26.7 Å². The van der Waals surface area contributed by atoms with Crippen LogP contribution >= 0.6 is 0 Å². The molecule has 0 amide bonds. The molecule has 0 radical (unpaired) electrons. The summed E-state index contributed by atoms with van der Waals surface area (Å²) in [4.78, 5) is 12.6. The van der Waals surface area contributed by atoms with Gasteiger partial charge in [0.2, 0.25) is 17.5 Å². The van der Waals surface area contributed by atoms with Crippen LogP contribution in [-0.4, -0.2) is 20.1 Å². The molecule has 2 aromatic heterocycles. The molecule has 2 aromatic rings. The monoisotopic (exact) mass is 255 g/mol. The third-order valence-electron chi connectivity index (χ3n) is 3.66. The zero-order chi connectivity index (χ0) is 13.6. The van der Waals surface area contributed by atoms with Gasteiger partial charge in [0.25, 0.3) is 0 Å². The highest BCUT2D eigenvalue weighted by Gasteiger charge is 2.62. The first-order chi connectivity index (χ1) is 9.04. The topological polar surface area (TPSA) is 88.5 Å². The van der Waals surface area contributed by atoms with Gasteiger partial charge in [0.15, 0.2) is 0 Å². The fourth-order valence-electron chi connectivity index (χ4n) is 2.30. The fourth-order valence-corrected chi connectivity index (χ4v) is 2.30. The van der Waals surface area contributed by atoms with E-state index in [0.717, 1.165) is 5.56 Å². The summed E-state index contributed by atoms with van der Waals surface area (Å²) in [5.74, 6) is 1.24. The summed E-state index contributed by atoms with van der Waals surface area (Å²) in [6.07, 6.45) is 3.41. The third kappa shape index (κ3) is 1.78. The zero-order valence-electron chi connectivity index (χ0n) is 11.0. The van der Waals surface area contributed by atoms with Crippen molar-refractivity contribution < 1.29 is 4.52 Å². The molecule has 2 unspecified atom stereocenters. The van der Waals surface area contributed by atoms with Crippen molar-refractivity contribution in [1.82, 2.24) is 20.1 Å². The van der Waals surface area contributed by atoms with Crippen LogP contribution in [0.3, 0.4) is 0 Å². The average Bonchev–Trinajstić information content (AvgIpc) is 2.76. The van der Waals surface area contributed by atoms with Gasteiger partial charge in [-0.05, 0) is 17.9 Å². The van der Waals surface area contributed by atoms with E-state index in [1.54, 1.807) is 12.4 Å². The standard InChI is InChI=1S/C13H13N5O/c1-7-5-15-10(16-6-7)11-17-12(19-18-11)9-8(4-14)13(9,2)3/h5-6,8-9H,1-3H3. The molecule has 1 aliphatic rings. The van der Waals surface area contributed by atoms with Crippen LogP contribution in [0, 0.1) is 29.6 Å². The molecule has 6 nitrogen and oxygen atoms in total. The van der Waals surface area contributed by atoms with Crippen LogP contribution in [0.5, 0.6) is 0 Å². The molecule has 96 valence electrons. The van der Waals surface area contributed by atoms with Crippen LogP contribution in [0.4, 0.5) is 0 Å². The minimum Gasteiger partial charge on any atom is -0.338 e. The van der Waals surface area contributed by atoms with Crippen LogP contribution in [0.2, 0.25) is 0 Å². The molecular weight excluding hydrogens is 242 g/mol. The molecule has 0 bridgehead atoms. The second-order valence-corrected chi connectivity index (χ2v) is 5.45. The Morgan fingerprint density at radius 3 is 2.53 bits per heavy atom. The van der Waals surface area contributed by atoms with Gasteiger partial charge in [-0.15, -0.1) is 0 Å². The normalized spacial score (nSPS) is 23.9. The second-order valence-electron chi connectivity index (χ2n) is 5.45. The number of aryl methyl sites for hydroxylation is 1. The Hall–Kier alpha value is -2.29. The first-order valence-corrected chi connectivity index (χ1v) is 6.06. The van der Waals surface area contributed by atoms with Crippen molar-refractivity contribution in [3.63, 3.8) is 0 Å². The summed E-state index contributed by atoms with van der Waals surface area (Å²) in [6.45, 7) is 5.96. The summed E-state index contributed by atoms with van der Waals surface area (Å²) in [5, 5.41) is 13.0. The number of rotatable bonds is 2. The van der Waals surface area contributed by atoms with Gasteiger partial charge in [-0.1, -0.05) is 19.0 Å². The second kappa shape index (κ2) is 3.85. The molecule has 2 atom stereocenters. The Bertz CT molecular complexity index is 652. The van der Waals surface area contributed by atoms with Crippen molar-refractivity contribution in [1.29, 1.82) is 5.26 Å². The number of aromatic nitrogens is 4. The van der Waals surface area contributed by atoms with Crippen molar-refractivity contribution >= 4 is 0 Å². The van der Waals surface area contributed by atoms with Crippen molar-refractivity contribution in [3.8, 4) is 17.7 Å². The van der Waals surface area contributed by atoms with Crippen molar-refractivity contribution in [3.05, 3.63) is 23.8 Å². The van der Waals surface area contributed by atoms with Crippen molar-refractivity contribution in [2.24, 2.45) is 11.3 Å². The van der Waals surface area contributed by atoms with E-state index in [4.69, 9.17) is 9.78 Å². The molecule has 0 aliphatic heterocycles. The molecule has 6 heteroatoms. The summed E-state index contributed by atoms with van der Waals surface area (Å²) in [5.41, 5.74) is 0.868. The van der Waals surface area contributed by atoms with E-state index in [2.05, 4.69) is 26.2 Å². The molecule has 1 saturated carbocycles. The Morgan fingerprint density at radius 1 is 1.26 bits per heavy atom. The SMILES string of the molecule is Cc1cnc(-c2noc(C3C(C#N)C3(C)C)n2)nc1. The van der Waals surface area contributed by atoms with E-state index in [1.165, 1.54) is 0 Å². The molecule has 0 aromatic carbocycles. The fraction of sp³-hybridized carbons (Fsp3) is 0.462. The molecule has 0 saturated heterocycles. The van der Waals surface area contributed by atoms with Crippen LogP contribution in [-0.2, 0) is 0 Å². The summed E-state index contributed by atoms with van der Waals surface area (Å²) < 4.78 is 5.25. The van der Waals surface area contributed by atoms with Gasteiger partial charge in [0.05, 0.1) is 17.9 Å². The molecule has 19 heavy (non-hydrogen) atoms. The van der Waals surface area contributed by atoms with Crippen LogP contribution in [0.15, 0.2) is 16.9 Å². The Labute approximate surface area is 110 Å².